The fraction of sp³-hybridized carbons (Fsp3) is 0.190. The first-order chi connectivity index (χ1) is 12.8. The van der Waals surface area contributed by atoms with Crippen LogP contribution in [0.15, 0.2) is 73.1 Å². The van der Waals surface area contributed by atoms with Gasteiger partial charge in [-0.2, -0.15) is 0 Å². The number of fused-ring (bicyclic) bond motifs is 1. The summed E-state index contributed by atoms with van der Waals surface area (Å²) < 4.78 is 13.5. The highest BCUT2D eigenvalue weighted by Gasteiger charge is 2.20. The molecule has 132 valence electrons. The molecule has 4 rings (SSSR count). The van der Waals surface area contributed by atoms with E-state index in [0.717, 1.165) is 22.7 Å². The van der Waals surface area contributed by atoms with Crippen molar-refractivity contribution in [2.75, 3.05) is 13.2 Å². The molecule has 5 heteroatoms. The van der Waals surface area contributed by atoms with Crippen LogP contribution in [-0.2, 0) is 11.2 Å². The van der Waals surface area contributed by atoms with E-state index in [1.807, 2.05) is 77.6 Å². The van der Waals surface area contributed by atoms with Gasteiger partial charge in [0.05, 0.1) is 13.0 Å². The first-order valence-electron chi connectivity index (χ1n) is 8.65. The number of rotatable bonds is 5. The molecule has 0 fully saturated rings. The normalized spacial score (nSPS) is 15.5. The minimum Gasteiger partial charge on any atom is -0.486 e. The van der Waals surface area contributed by atoms with Gasteiger partial charge in [-0.3, -0.25) is 4.79 Å². The second-order valence-electron chi connectivity index (χ2n) is 6.24. The average molecular weight is 348 g/mol. The predicted molar refractivity (Wildman–Crippen MR) is 98.8 cm³/mol. The molecule has 1 N–H and O–H groups in total. The molecule has 0 saturated carbocycles. The maximum Gasteiger partial charge on any atom is 0.224 e. The molecule has 1 amide bonds. The van der Waals surface area contributed by atoms with Gasteiger partial charge in [0.15, 0.2) is 11.5 Å². The number of para-hydroxylation sites is 2. The topological polar surface area (TPSA) is 52.5 Å². The van der Waals surface area contributed by atoms with Crippen LogP contribution in [0.3, 0.4) is 0 Å². The first-order valence-corrected chi connectivity index (χ1v) is 8.65. The monoisotopic (exact) mass is 348 g/mol. The van der Waals surface area contributed by atoms with Crippen LogP contribution >= 0.6 is 0 Å². The van der Waals surface area contributed by atoms with E-state index in [4.69, 9.17) is 9.47 Å². The van der Waals surface area contributed by atoms with Gasteiger partial charge in [-0.25, -0.2) is 0 Å². The Morgan fingerprint density at radius 3 is 2.50 bits per heavy atom. The van der Waals surface area contributed by atoms with E-state index in [1.54, 1.807) is 0 Å². The van der Waals surface area contributed by atoms with Crippen LogP contribution in [-0.4, -0.2) is 29.7 Å². The summed E-state index contributed by atoms with van der Waals surface area (Å²) in [5.74, 6) is 1.44. The number of nitrogens with one attached hydrogen (secondary N) is 1. The zero-order valence-corrected chi connectivity index (χ0v) is 14.3. The van der Waals surface area contributed by atoms with Crippen LogP contribution in [0.1, 0.15) is 5.56 Å². The Morgan fingerprint density at radius 1 is 1.00 bits per heavy atom. The van der Waals surface area contributed by atoms with Crippen LogP contribution in [0.4, 0.5) is 0 Å². The number of hydrogen-bond acceptors (Lipinski definition) is 3. The largest absolute Gasteiger partial charge is 0.486 e. The fourth-order valence-electron chi connectivity index (χ4n) is 2.93. The van der Waals surface area contributed by atoms with Gasteiger partial charge in [-0.15, -0.1) is 0 Å². The number of benzene rings is 2. The summed E-state index contributed by atoms with van der Waals surface area (Å²) in [6.45, 7) is 0.859. The Kier molecular flexibility index (Phi) is 4.60. The van der Waals surface area contributed by atoms with Crippen molar-refractivity contribution in [2.24, 2.45) is 0 Å². The average Bonchev–Trinajstić information content (AvgIpc) is 3.22. The van der Waals surface area contributed by atoms with Crippen molar-refractivity contribution in [3.63, 3.8) is 0 Å². The zero-order chi connectivity index (χ0) is 17.8. The molecule has 2 heterocycles. The summed E-state index contributed by atoms with van der Waals surface area (Å²) in [7, 11) is 0. The van der Waals surface area contributed by atoms with Crippen molar-refractivity contribution in [2.45, 2.75) is 12.5 Å². The number of carbonyl (C=O) groups is 1. The van der Waals surface area contributed by atoms with Gasteiger partial charge in [-0.1, -0.05) is 24.3 Å². The van der Waals surface area contributed by atoms with Gasteiger partial charge in [0.2, 0.25) is 5.91 Å². The molecule has 0 saturated heterocycles. The lowest BCUT2D eigenvalue weighted by molar-refractivity contribution is -0.120. The van der Waals surface area contributed by atoms with E-state index >= 15 is 0 Å². The third-order valence-corrected chi connectivity index (χ3v) is 4.30. The molecular formula is C21H20N2O3. The molecule has 3 aromatic rings. The van der Waals surface area contributed by atoms with E-state index in [2.05, 4.69) is 5.32 Å². The van der Waals surface area contributed by atoms with Crippen LogP contribution < -0.4 is 14.8 Å². The number of amides is 1. The standard InChI is InChI=1S/C21H20N2O3/c24-21(13-16-7-9-17(10-8-16)23-11-3-4-12-23)22-14-18-15-25-19-5-1-2-6-20(19)26-18/h1-12,18H,13-15H2,(H,22,24)/t18-/m1/s1. The minimum atomic E-state index is -0.176. The number of aromatic nitrogens is 1. The molecule has 1 atom stereocenters. The van der Waals surface area contributed by atoms with Gasteiger partial charge in [0.1, 0.15) is 12.7 Å². The number of hydrogen-bond donors (Lipinski definition) is 1. The molecule has 1 aliphatic heterocycles. The molecule has 0 bridgehead atoms. The van der Waals surface area contributed by atoms with Crippen molar-refractivity contribution in [3.8, 4) is 17.2 Å². The van der Waals surface area contributed by atoms with Crippen LogP contribution in [0.2, 0.25) is 0 Å². The molecule has 0 aliphatic carbocycles. The van der Waals surface area contributed by atoms with Gasteiger partial charge >= 0.3 is 0 Å². The lowest BCUT2D eigenvalue weighted by atomic mass is 10.1. The summed E-state index contributed by atoms with van der Waals surface area (Å²) >= 11 is 0. The van der Waals surface area contributed by atoms with Crippen molar-refractivity contribution in [1.82, 2.24) is 9.88 Å². The predicted octanol–water partition coefficient (Wildman–Crippen LogP) is 2.98. The zero-order valence-electron chi connectivity index (χ0n) is 14.3. The Morgan fingerprint density at radius 2 is 1.73 bits per heavy atom. The molecule has 2 aromatic carbocycles. The van der Waals surface area contributed by atoms with Crippen molar-refractivity contribution in [3.05, 3.63) is 78.6 Å². The maximum absolute atomic E-state index is 12.2. The summed E-state index contributed by atoms with van der Waals surface area (Å²) in [5.41, 5.74) is 2.05. The Bertz CT molecular complexity index is 873. The quantitative estimate of drug-likeness (QED) is 0.771. The summed E-state index contributed by atoms with van der Waals surface area (Å²) in [6.07, 6.45) is 4.15. The minimum absolute atomic E-state index is 0.0267. The highest BCUT2D eigenvalue weighted by atomic mass is 16.6. The number of nitrogens with zero attached hydrogens (tertiary/aromatic N) is 1. The second-order valence-corrected chi connectivity index (χ2v) is 6.24. The maximum atomic E-state index is 12.2. The van der Waals surface area contributed by atoms with Crippen LogP contribution in [0.25, 0.3) is 5.69 Å². The van der Waals surface area contributed by atoms with Crippen LogP contribution in [0.5, 0.6) is 11.5 Å². The highest BCUT2D eigenvalue weighted by Crippen LogP contribution is 2.30. The molecule has 1 aliphatic rings. The molecule has 0 radical (unpaired) electrons. The van der Waals surface area contributed by atoms with Gasteiger partial charge in [-0.05, 0) is 42.0 Å². The third kappa shape index (κ3) is 3.72. The first kappa shape index (κ1) is 16.3. The van der Waals surface area contributed by atoms with Crippen molar-refractivity contribution in [1.29, 1.82) is 0 Å². The van der Waals surface area contributed by atoms with Crippen molar-refractivity contribution < 1.29 is 14.3 Å². The van der Waals surface area contributed by atoms with Crippen LogP contribution in [0, 0.1) is 0 Å². The lowest BCUT2D eigenvalue weighted by Gasteiger charge is -2.26. The Hall–Kier alpha value is -3.21. The fourth-order valence-corrected chi connectivity index (χ4v) is 2.93. The van der Waals surface area contributed by atoms with E-state index in [0.29, 0.717) is 19.6 Å². The lowest BCUT2D eigenvalue weighted by Crippen LogP contribution is -2.41. The second kappa shape index (κ2) is 7.35. The molecular weight excluding hydrogens is 328 g/mol. The number of carbonyl (C=O) groups excluding carboxylic acids is 1. The summed E-state index contributed by atoms with van der Waals surface area (Å²) in [4.78, 5) is 12.2. The SMILES string of the molecule is O=C(Cc1ccc(-n2cccc2)cc1)NC[C@@H]1COc2ccccc2O1. The van der Waals surface area contributed by atoms with Gasteiger partial charge < -0.3 is 19.4 Å². The van der Waals surface area contributed by atoms with E-state index < -0.39 is 0 Å². The van der Waals surface area contributed by atoms with E-state index in [1.165, 1.54) is 0 Å². The smallest absolute Gasteiger partial charge is 0.224 e. The number of ether oxygens (including phenoxy) is 2. The molecule has 1 aromatic heterocycles. The molecule has 0 spiro atoms. The Balaban J connectivity index is 1.28. The van der Waals surface area contributed by atoms with E-state index in [-0.39, 0.29) is 12.0 Å². The Labute approximate surface area is 152 Å². The highest BCUT2D eigenvalue weighted by molar-refractivity contribution is 5.78. The third-order valence-electron chi connectivity index (χ3n) is 4.30. The van der Waals surface area contributed by atoms with Gasteiger partial charge in [0, 0.05) is 18.1 Å². The summed E-state index contributed by atoms with van der Waals surface area (Å²) in [6, 6.07) is 19.5. The van der Waals surface area contributed by atoms with E-state index in [9.17, 15) is 4.79 Å². The molecule has 0 unspecified atom stereocenters. The molecule has 5 nitrogen and oxygen atoms in total. The van der Waals surface area contributed by atoms with Gasteiger partial charge in [0.25, 0.3) is 0 Å². The molecule has 26 heavy (non-hydrogen) atoms. The summed E-state index contributed by atoms with van der Waals surface area (Å²) in [5, 5.41) is 2.92. The van der Waals surface area contributed by atoms with Crippen molar-refractivity contribution >= 4 is 5.91 Å².